The van der Waals surface area contributed by atoms with Gasteiger partial charge >= 0.3 is 18.9 Å². The summed E-state index contributed by atoms with van der Waals surface area (Å²) in [6, 6.07) is 0. The van der Waals surface area contributed by atoms with Crippen LogP contribution < -0.4 is 18.9 Å². The third-order valence-corrected chi connectivity index (χ3v) is 2.33. The monoisotopic (exact) mass is 244 g/mol. The predicted molar refractivity (Wildman–Crippen MR) is 36.4 cm³/mol. The molecule has 0 radical (unpaired) electrons. The molecule has 0 aliphatic heterocycles. The van der Waals surface area contributed by atoms with Gasteiger partial charge < -0.3 is 1.43 Å². The second-order valence-corrected chi connectivity index (χ2v) is 3.63. The van der Waals surface area contributed by atoms with Crippen LogP contribution in [0.4, 0.5) is 0 Å². The summed E-state index contributed by atoms with van der Waals surface area (Å²) in [5.74, 6) is -0.145. The van der Waals surface area contributed by atoms with Crippen molar-refractivity contribution in [1.29, 1.82) is 0 Å². The van der Waals surface area contributed by atoms with Gasteiger partial charge in [-0.1, -0.05) is 22.6 Å². The van der Waals surface area contributed by atoms with Gasteiger partial charge in [0.1, 0.15) is 0 Å². The molecule has 0 aromatic heterocycles. The molecule has 0 atom stereocenters. The molecule has 0 aliphatic carbocycles. The van der Waals surface area contributed by atoms with E-state index in [2.05, 4.69) is 0 Å². The largest absolute Gasteiger partial charge is 1.00 e. The summed E-state index contributed by atoms with van der Waals surface area (Å²) in [7, 11) is -3.68. The zero-order valence-electron chi connectivity index (χ0n) is 5.46. The molecule has 0 bridgehead atoms. The first-order valence-electron chi connectivity index (χ1n) is 1.57. The Bertz CT molecular complexity index is 135. The Balaban J connectivity index is -0.000000180. The minimum atomic E-state index is -3.68. The van der Waals surface area contributed by atoms with Gasteiger partial charge in [-0.2, -0.15) is 8.42 Å². The first-order valence-corrected chi connectivity index (χ1v) is 4.71. The molecule has 0 fully saturated rings. The van der Waals surface area contributed by atoms with E-state index in [9.17, 15) is 8.42 Å². The molecule has 0 heterocycles. The zero-order chi connectivity index (χ0) is 5.91. The van der Waals surface area contributed by atoms with Crippen LogP contribution in [-0.4, -0.2) is 23.2 Å². The molecule has 0 aromatic rings. The van der Waals surface area contributed by atoms with Crippen LogP contribution in [0.5, 0.6) is 0 Å². The van der Waals surface area contributed by atoms with Crippen LogP contribution in [0.3, 0.4) is 0 Å². The standard InChI is InChI=1S/C2H5IO3S.Li.H/c3-1-2-7(4,5)6;;/h1-2H2,(H,4,5,6);;/q;+1;-1. The Labute approximate surface area is 75.8 Å². The smallest absolute Gasteiger partial charge is 1.00 e. The van der Waals surface area contributed by atoms with Gasteiger partial charge in [0.25, 0.3) is 10.1 Å². The van der Waals surface area contributed by atoms with E-state index >= 15 is 0 Å². The van der Waals surface area contributed by atoms with Crippen LogP contribution in [0.2, 0.25) is 0 Å². The summed E-state index contributed by atoms with van der Waals surface area (Å²) in [5, 5.41) is 0. The Morgan fingerprint density at radius 2 is 2.00 bits per heavy atom. The Kier molecular flexibility index (Phi) is 7.56. The normalized spacial score (nSPS) is 10.2. The fourth-order valence-electron chi connectivity index (χ4n) is 0.0975. The van der Waals surface area contributed by atoms with Crippen LogP contribution in [0, 0.1) is 0 Å². The molecular formula is C2H6ILiO3S. The van der Waals surface area contributed by atoms with Crippen LogP contribution in [-0.2, 0) is 10.1 Å². The minimum Gasteiger partial charge on any atom is -1.00 e. The molecule has 6 heteroatoms. The van der Waals surface area contributed by atoms with Crippen LogP contribution >= 0.6 is 22.6 Å². The van der Waals surface area contributed by atoms with Crippen LogP contribution in [0.25, 0.3) is 0 Å². The molecule has 0 rings (SSSR count). The summed E-state index contributed by atoms with van der Waals surface area (Å²) < 4.78 is 28.0. The van der Waals surface area contributed by atoms with Gasteiger partial charge in [-0.25, -0.2) is 0 Å². The fourth-order valence-corrected chi connectivity index (χ4v) is 1.96. The van der Waals surface area contributed by atoms with Gasteiger partial charge in [-0.3, -0.25) is 4.55 Å². The van der Waals surface area contributed by atoms with Crippen molar-refractivity contribution in [3.8, 4) is 0 Å². The van der Waals surface area contributed by atoms with Crippen LogP contribution in [0.1, 0.15) is 1.43 Å². The number of alkyl halides is 1. The summed E-state index contributed by atoms with van der Waals surface area (Å²) in [6.45, 7) is 0. The number of hydrogen-bond donors (Lipinski definition) is 1. The average molecular weight is 244 g/mol. The Hall–Kier alpha value is 1.24. The minimum absolute atomic E-state index is 0. The van der Waals surface area contributed by atoms with Crippen molar-refractivity contribution in [2.24, 2.45) is 0 Å². The van der Waals surface area contributed by atoms with E-state index in [-0.39, 0.29) is 26.0 Å². The van der Waals surface area contributed by atoms with Crippen molar-refractivity contribution < 1.29 is 33.3 Å². The molecule has 46 valence electrons. The van der Waals surface area contributed by atoms with E-state index in [1.165, 1.54) is 0 Å². The van der Waals surface area contributed by atoms with E-state index in [1.807, 2.05) is 22.6 Å². The fraction of sp³-hybridized carbons (Fsp3) is 1.00. The van der Waals surface area contributed by atoms with Gasteiger partial charge in [-0.05, 0) is 0 Å². The summed E-state index contributed by atoms with van der Waals surface area (Å²) in [5.41, 5.74) is 0. The molecule has 0 aliphatic rings. The van der Waals surface area contributed by atoms with Gasteiger partial charge in [0.2, 0.25) is 0 Å². The number of halogens is 1. The quantitative estimate of drug-likeness (QED) is 0.251. The maximum absolute atomic E-state index is 9.78. The van der Waals surface area contributed by atoms with Crippen molar-refractivity contribution >= 4 is 32.7 Å². The summed E-state index contributed by atoms with van der Waals surface area (Å²) >= 11 is 1.87. The average Bonchev–Trinajstić information content (AvgIpc) is 1.30. The number of rotatable bonds is 2. The van der Waals surface area contributed by atoms with E-state index in [1.54, 1.807) is 0 Å². The maximum atomic E-state index is 9.78. The molecule has 0 unspecified atom stereocenters. The third-order valence-electron chi connectivity index (χ3n) is 0.335. The van der Waals surface area contributed by atoms with E-state index in [0.717, 1.165) is 0 Å². The zero-order valence-corrected chi connectivity index (χ0v) is 7.44. The molecule has 8 heavy (non-hydrogen) atoms. The first kappa shape index (κ1) is 12.0. The Morgan fingerprint density at radius 3 is 2.00 bits per heavy atom. The first-order chi connectivity index (χ1) is 3.06. The van der Waals surface area contributed by atoms with Crippen molar-refractivity contribution in [1.82, 2.24) is 0 Å². The molecular weight excluding hydrogens is 238 g/mol. The van der Waals surface area contributed by atoms with E-state index in [4.69, 9.17) is 4.55 Å². The third kappa shape index (κ3) is 10.3. The van der Waals surface area contributed by atoms with Crippen molar-refractivity contribution in [2.75, 3.05) is 10.2 Å². The van der Waals surface area contributed by atoms with Gasteiger partial charge in [-0.15, -0.1) is 0 Å². The molecule has 1 N–H and O–H groups in total. The summed E-state index contributed by atoms with van der Waals surface area (Å²) in [6.07, 6.45) is 0. The van der Waals surface area contributed by atoms with Gasteiger partial charge in [0, 0.05) is 4.43 Å². The second kappa shape index (κ2) is 5.06. The molecule has 3 nitrogen and oxygen atoms in total. The van der Waals surface area contributed by atoms with Crippen molar-refractivity contribution in [3.05, 3.63) is 0 Å². The van der Waals surface area contributed by atoms with E-state index < -0.39 is 10.1 Å². The Morgan fingerprint density at radius 1 is 1.62 bits per heavy atom. The molecule has 0 amide bonds. The molecule has 0 saturated carbocycles. The second-order valence-electron chi connectivity index (χ2n) is 0.975. The predicted octanol–water partition coefficient (Wildman–Crippen LogP) is -2.57. The van der Waals surface area contributed by atoms with Gasteiger partial charge in [0.05, 0.1) is 5.75 Å². The van der Waals surface area contributed by atoms with Crippen LogP contribution in [0.15, 0.2) is 0 Å². The number of hydrogen-bond acceptors (Lipinski definition) is 2. The van der Waals surface area contributed by atoms with Crippen molar-refractivity contribution in [2.45, 2.75) is 0 Å². The topological polar surface area (TPSA) is 54.4 Å². The molecule has 0 saturated heterocycles. The summed E-state index contributed by atoms with van der Waals surface area (Å²) in [4.78, 5) is 0. The van der Waals surface area contributed by atoms with Gasteiger partial charge in [0.15, 0.2) is 0 Å². The molecule has 0 aromatic carbocycles. The molecule has 0 spiro atoms. The van der Waals surface area contributed by atoms with Crippen molar-refractivity contribution in [3.63, 3.8) is 0 Å². The van der Waals surface area contributed by atoms with E-state index in [0.29, 0.717) is 4.43 Å². The SMILES string of the molecule is O=S(=O)(O)CCI.[H-].[Li+]. The maximum Gasteiger partial charge on any atom is 1.00 e.